The number of anilines is 1. The third-order valence-corrected chi connectivity index (χ3v) is 4.05. The Morgan fingerprint density at radius 3 is 2.90 bits per heavy atom. The lowest BCUT2D eigenvalue weighted by molar-refractivity contribution is -0.130. The number of amides is 1. The van der Waals surface area contributed by atoms with Gasteiger partial charge in [0.15, 0.2) is 6.10 Å². The first-order valence-corrected chi connectivity index (χ1v) is 7.09. The smallest absolute Gasteiger partial charge is 0.248 e. The highest BCUT2D eigenvalue weighted by atomic mass is 16.5. The van der Waals surface area contributed by atoms with Crippen molar-refractivity contribution >= 4 is 22.5 Å². The molecular formula is C16H19N3O2. The molecule has 5 nitrogen and oxygen atoms in total. The number of rotatable bonds is 2. The molecule has 0 radical (unpaired) electrons. The molecule has 2 heterocycles. The molecule has 0 saturated carbocycles. The van der Waals surface area contributed by atoms with Crippen molar-refractivity contribution < 1.29 is 9.53 Å². The molecule has 0 bridgehead atoms. The number of hydrogen-bond donors (Lipinski definition) is 1. The van der Waals surface area contributed by atoms with Gasteiger partial charge in [0.05, 0.1) is 24.4 Å². The summed E-state index contributed by atoms with van der Waals surface area (Å²) in [5.74, 6) is -0.410. The Kier molecular flexibility index (Phi) is 3.51. The van der Waals surface area contributed by atoms with Crippen LogP contribution in [0.25, 0.3) is 10.9 Å². The van der Waals surface area contributed by atoms with Gasteiger partial charge in [-0.15, -0.1) is 0 Å². The van der Waals surface area contributed by atoms with Crippen molar-refractivity contribution in [1.82, 2.24) is 4.98 Å². The largest absolute Gasteiger partial charge is 0.367 e. The van der Waals surface area contributed by atoms with Gasteiger partial charge in [0.25, 0.3) is 0 Å². The highest BCUT2D eigenvalue weighted by molar-refractivity contribution is 5.94. The molecule has 1 atom stereocenters. The van der Waals surface area contributed by atoms with E-state index >= 15 is 0 Å². The number of primary amides is 1. The summed E-state index contributed by atoms with van der Waals surface area (Å²) < 4.78 is 5.44. The van der Waals surface area contributed by atoms with Crippen LogP contribution in [0.3, 0.4) is 0 Å². The lowest BCUT2D eigenvalue weighted by Gasteiger charge is -2.35. The number of nitrogens with zero attached hydrogens (tertiary/aromatic N) is 2. The van der Waals surface area contributed by atoms with E-state index in [9.17, 15) is 4.79 Å². The summed E-state index contributed by atoms with van der Waals surface area (Å²) >= 11 is 0. The highest BCUT2D eigenvalue weighted by Crippen LogP contribution is 2.32. The van der Waals surface area contributed by atoms with Gasteiger partial charge >= 0.3 is 0 Å². The predicted octanol–water partition coefficient (Wildman–Crippen LogP) is 1.54. The maximum atomic E-state index is 11.4. The molecule has 1 aromatic carbocycles. The second kappa shape index (κ2) is 5.33. The minimum Gasteiger partial charge on any atom is -0.367 e. The van der Waals surface area contributed by atoms with Crippen LogP contribution in [-0.2, 0) is 9.53 Å². The molecule has 0 spiro atoms. The number of nitrogens with two attached hydrogens (primary N) is 1. The summed E-state index contributed by atoms with van der Waals surface area (Å²) in [6.07, 6.45) is -0.551. The van der Waals surface area contributed by atoms with Crippen molar-refractivity contribution in [2.45, 2.75) is 20.0 Å². The number of hydrogen-bond acceptors (Lipinski definition) is 4. The van der Waals surface area contributed by atoms with Crippen LogP contribution in [0.4, 0.5) is 5.69 Å². The Hall–Kier alpha value is -2.14. The van der Waals surface area contributed by atoms with E-state index in [0.717, 1.165) is 34.4 Å². The number of para-hydroxylation sites is 1. The molecule has 2 N–H and O–H groups in total. The van der Waals surface area contributed by atoms with E-state index in [4.69, 9.17) is 10.5 Å². The summed E-state index contributed by atoms with van der Waals surface area (Å²) in [7, 11) is 0. The molecule has 1 aliphatic heterocycles. The van der Waals surface area contributed by atoms with Gasteiger partial charge in [0.1, 0.15) is 0 Å². The first-order chi connectivity index (χ1) is 10.1. The number of carbonyl (C=O) groups is 1. The molecule has 1 fully saturated rings. The Balaban J connectivity index is 2.10. The quantitative estimate of drug-likeness (QED) is 0.909. The average molecular weight is 285 g/mol. The van der Waals surface area contributed by atoms with E-state index in [2.05, 4.69) is 22.9 Å². The molecule has 1 amide bonds. The number of aromatic nitrogens is 1. The molecular weight excluding hydrogens is 266 g/mol. The van der Waals surface area contributed by atoms with Crippen molar-refractivity contribution in [3.8, 4) is 0 Å². The molecule has 21 heavy (non-hydrogen) atoms. The van der Waals surface area contributed by atoms with Crippen molar-refractivity contribution in [2.75, 3.05) is 24.6 Å². The zero-order valence-electron chi connectivity index (χ0n) is 12.3. The maximum absolute atomic E-state index is 11.4. The topological polar surface area (TPSA) is 68.5 Å². The normalized spacial score (nSPS) is 19.0. The molecule has 1 aliphatic rings. The van der Waals surface area contributed by atoms with Gasteiger partial charge in [-0.3, -0.25) is 9.78 Å². The van der Waals surface area contributed by atoms with E-state index in [0.29, 0.717) is 13.2 Å². The SMILES string of the molecule is Cc1nc2ccccc2c(N2CCO[C@H](C(N)=O)C2)c1C. The van der Waals surface area contributed by atoms with Crippen LogP contribution in [0, 0.1) is 13.8 Å². The van der Waals surface area contributed by atoms with Crippen LogP contribution >= 0.6 is 0 Å². The fourth-order valence-electron chi connectivity index (χ4n) is 2.84. The third-order valence-electron chi connectivity index (χ3n) is 4.05. The van der Waals surface area contributed by atoms with E-state index in [-0.39, 0.29) is 0 Å². The summed E-state index contributed by atoms with van der Waals surface area (Å²) in [6, 6.07) is 8.07. The number of pyridine rings is 1. The molecule has 1 aromatic heterocycles. The standard InChI is InChI=1S/C16H19N3O2/c1-10-11(2)18-13-6-4-3-5-12(13)15(10)19-7-8-21-14(9-19)16(17)20/h3-6,14H,7-9H2,1-2H3,(H2,17,20)/t14-/m0/s1. The van der Waals surface area contributed by atoms with Crippen molar-refractivity contribution in [3.63, 3.8) is 0 Å². The average Bonchev–Trinajstić information content (AvgIpc) is 2.48. The number of carbonyl (C=O) groups excluding carboxylic acids is 1. The Bertz CT molecular complexity index is 699. The van der Waals surface area contributed by atoms with Crippen molar-refractivity contribution in [3.05, 3.63) is 35.5 Å². The molecule has 0 unspecified atom stereocenters. The lowest BCUT2D eigenvalue weighted by Crippen LogP contribution is -2.48. The molecule has 1 saturated heterocycles. The third kappa shape index (κ3) is 2.45. The first-order valence-electron chi connectivity index (χ1n) is 7.09. The predicted molar refractivity (Wildman–Crippen MR) is 82.4 cm³/mol. The van der Waals surface area contributed by atoms with Crippen LogP contribution in [0.1, 0.15) is 11.3 Å². The number of aryl methyl sites for hydroxylation is 1. The van der Waals surface area contributed by atoms with Gasteiger partial charge in [0, 0.05) is 17.6 Å². The van der Waals surface area contributed by atoms with Crippen LogP contribution in [0.5, 0.6) is 0 Å². The fraction of sp³-hybridized carbons (Fsp3) is 0.375. The van der Waals surface area contributed by atoms with Crippen LogP contribution in [0.15, 0.2) is 24.3 Å². The summed E-state index contributed by atoms with van der Waals surface area (Å²) in [5.41, 5.74) is 9.63. The second-order valence-electron chi connectivity index (χ2n) is 5.40. The fourth-order valence-corrected chi connectivity index (χ4v) is 2.84. The Morgan fingerprint density at radius 2 is 2.14 bits per heavy atom. The number of morpholine rings is 1. The van der Waals surface area contributed by atoms with Gasteiger partial charge < -0.3 is 15.4 Å². The van der Waals surface area contributed by atoms with Crippen molar-refractivity contribution in [2.24, 2.45) is 5.73 Å². The monoisotopic (exact) mass is 285 g/mol. The van der Waals surface area contributed by atoms with Gasteiger partial charge in [0.2, 0.25) is 5.91 Å². The summed E-state index contributed by atoms with van der Waals surface area (Å²) in [6.45, 7) is 5.82. The maximum Gasteiger partial charge on any atom is 0.248 e. The molecule has 3 rings (SSSR count). The Labute approximate surface area is 123 Å². The first kappa shape index (κ1) is 13.8. The Morgan fingerprint density at radius 1 is 1.38 bits per heavy atom. The van der Waals surface area contributed by atoms with E-state index < -0.39 is 12.0 Å². The van der Waals surface area contributed by atoms with E-state index in [1.165, 1.54) is 0 Å². The number of benzene rings is 1. The van der Waals surface area contributed by atoms with Crippen molar-refractivity contribution in [1.29, 1.82) is 0 Å². The molecule has 110 valence electrons. The van der Waals surface area contributed by atoms with Crippen LogP contribution in [-0.4, -0.2) is 36.7 Å². The minimum absolute atomic E-state index is 0.410. The lowest BCUT2D eigenvalue weighted by atomic mass is 10.0. The van der Waals surface area contributed by atoms with Gasteiger partial charge in [-0.25, -0.2) is 0 Å². The van der Waals surface area contributed by atoms with Crippen LogP contribution in [0.2, 0.25) is 0 Å². The van der Waals surface area contributed by atoms with Crippen LogP contribution < -0.4 is 10.6 Å². The molecule has 0 aliphatic carbocycles. The molecule has 5 heteroatoms. The van der Waals surface area contributed by atoms with E-state index in [1.54, 1.807) is 0 Å². The highest BCUT2D eigenvalue weighted by Gasteiger charge is 2.27. The zero-order valence-corrected chi connectivity index (χ0v) is 12.3. The van der Waals surface area contributed by atoms with Gasteiger partial charge in [-0.1, -0.05) is 18.2 Å². The molecule has 2 aromatic rings. The minimum atomic E-state index is -0.551. The second-order valence-corrected chi connectivity index (χ2v) is 5.40. The zero-order chi connectivity index (χ0) is 15.0. The van der Waals surface area contributed by atoms with E-state index in [1.807, 2.05) is 25.1 Å². The van der Waals surface area contributed by atoms with Gasteiger partial charge in [-0.2, -0.15) is 0 Å². The van der Waals surface area contributed by atoms with Gasteiger partial charge in [-0.05, 0) is 25.5 Å². The summed E-state index contributed by atoms with van der Waals surface area (Å²) in [5, 5.41) is 1.10. The number of fused-ring (bicyclic) bond motifs is 1. The summed E-state index contributed by atoms with van der Waals surface area (Å²) in [4.78, 5) is 18.2. The number of ether oxygens (including phenoxy) is 1.